The monoisotopic (exact) mass is 369 g/mol. The van der Waals surface area contributed by atoms with Crippen LogP contribution in [0.15, 0.2) is 12.1 Å². The number of hydrogen-bond donors (Lipinski definition) is 1. The Morgan fingerprint density at radius 3 is 2.58 bits per heavy atom. The van der Waals surface area contributed by atoms with Crippen LogP contribution in [-0.4, -0.2) is 15.7 Å². The maximum Gasteiger partial charge on any atom is 0.435 e. The lowest BCUT2D eigenvalue weighted by Crippen LogP contribution is -2.20. The Hall–Kier alpha value is -2.38. The fourth-order valence-electron chi connectivity index (χ4n) is 3.55. The van der Waals surface area contributed by atoms with Gasteiger partial charge in [0, 0.05) is 18.4 Å². The first-order chi connectivity index (χ1) is 11.9. The highest BCUT2D eigenvalue weighted by Gasteiger charge is 2.41. The fourth-order valence-corrected chi connectivity index (χ4v) is 3.55. The molecule has 0 fully saturated rings. The number of carbonyl (C=O) groups excluding carboxylic acids is 1. The Kier molecular flexibility index (Phi) is 4.12. The second-order valence-corrected chi connectivity index (χ2v) is 7.22. The van der Waals surface area contributed by atoms with Gasteiger partial charge >= 0.3 is 6.18 Å². The lowest BCUT2D eigenvalue weighted by molar-refractivity contribution is -0.141. The normalized spacial score (nSPS) is 15.8. The number of nitrogens with one attached hydrogen (secondary N) is 1. The van der Waals surface area contributed by atoms with Crippen molar-refractivity contribution in [1.82, 2.24) is 9.78 Å². The largest absolute Gasteiger partial charge is 0.435 e. The maximum absolute atomic E-state index is 14.2. The van der Waals surface area contributed by atoms with Crippen molar-refractivity contribution in [1.29, 1.82) is 0 Å². The third-order valence-corrected chi connectivity index (χ3v) is 5.02. The molecule has 0 saturated heterocycles. The van der Waals surface area contributed by atoms with Gasteiger partial charge in [-0.25, -0.2) is 4.39 Å². The Balaban J connectivity index is 2.03. The molecule has 1 aliphatic carbocycles. The van der Waals surface area contributed by atoms with Crippen LogP contribution in [0.4, 0.5) is 23.2 Å². The van der Waals surface area contributed by atoms with E-state index in [1.165, 1.54) is 26.1 Å². The van der Waals surface area contributed by atoms with E-state index in [-0.39, 0.29) is 16.9 Å². The van der Waals surface area contributed by atoms with Gasteiger partial charge in [0.1, 0.15) is 5.82 Å². The summed E-state index contributed by atoms with van der Waals surface area (Å²) in [5.74, 6) is -1.27. The third-order valence-electron chi connectivity index (χ3n) is 5.02. The minimum Gasteiger partial charge on any atom is -0.322 e. The highest BCUT2D eigenvalue weighted by atomic mass is 19.4. The van der Waals surface area contributed by atoms with E-state index in [4.69, 9.17) is 0 Å². The van der Waals surface area contributed by atoms with E-state index in [0.717, 1.165) is 4.68 Å². The zero-order valence-electron chi connectivity index (χ0n) is 14.9. The smallest absolute Gasteiger partial charge is 0.322 e. The van der Waals surface area contributed by atoms with E-state index < -0.39 is 23.3 Å². The van der Waals surface area contributed by atoms with Crippen LogP contribution >= 0.6 is 0 Å². The van der Waals surface area contributed by atoms with Crippen LogP contribution in [0.25, 0.3) is 0 Å². The summed E-state index contributed by atoms with van der Waals surface area (Å²) in [7, 11) is 1.35. The van der Waals surface area contributed by atoms with Crippen LogP contribution in [0, 0.1) is 12.7 Å². The van der Waals surface area contributed by atoms with E-state index in [1.54, 1.807) is 0 Å². The number of alkyl halides is 3. The van der Waals surface area contributed by atoms with Gasteiger partial charge in [0.25, 0.3) is 5.91 Å². The maximum atomic E-state index is 14.2. The molecule has 1 aromatic carbocycles. The van der Waals surface area contributed by atoms with Crippen LogP contribution in [-0.2, 0) is 25.1 Å². The van der Waals surface area contributed by atoms with Gasteiger partial charge in [-0.05, 0) is 48.4 Å². The SMILES string of the molecule is Cc1c(C(=O)Nc2ccc(F)c3c2CCC3(C)C)c(C(F)(F)F)nn1C. The molecule has 2 aromatic rings. The molecule has 26 heavy (non-hydrogen) atoms. The van der Waals surface area contributed by atoms with E-state index in [0.29, 0.717) is 29.7 Å². The molecule has 8 heteroatoms. The van der Waals surface area contributed by atoms with Gasteiger partial charge < -0.3 is 5.32 Å². The molecule has 1 amide bonds. The zero-order valence-corrected chi connectivity index (χ0v) is 14.9. The molecule has 0 aliphatic heterocycles. The van der Waals surface area contributed by atoms with Crippen LogP contribution < -0.4 is 5.32 Å². The van der Waals surface area contributed by atoms with Crippen molar-refractivity contribution in [2.24, 2.45) is 7.05 Å². The molecule has 3 rings (SSSR count). The average Bonchev–Trinajstić information content (AvgIpc) is 3.00. The topological polar surface area (TPSA) is 46.9 Å². The van der Waals surface area contributed by atoms with Crippen LogP contribution in [0.1, 0.15) is 53.1 Å². The van der Waals surface area contributed by atoms with Crippen molar-refractivity contribution < 1.29 is 22.4 Å². The van der Waals surface area contributed by atoms with Gasteiger partial charge in [-0.3, -0.25) is 9.48 Å². The lowest BCUT2D eigenvalue weighted by Gasteiger charge is -2.20. The van der Waals surface area contributed by atoms with E-state index in [2.05, 4.69) is 10.4 Å². The first kappa shape index (κ1) is 18.4. The van der Waals surface area contributed by atoms with Crippen LogP contribution in [0.2, 0.25) is 0 Å². The molecule has 1 aliphatic rings. The van der Waals surface area contributed by atoms with Gasteiger partial charge in [0.2, 0.25) is 0 Å². The van der Waals surface area contributed by atoms with Gasteiger partial charge in [-0.1, -0.05) is 13.8 Å². The van der Waals surface area contributed by atoms with Crippen molar-refractivity contribution in [3.63, 3.8) is 0 Å². The van der Waals surface area contributed by atoms with Gasteiger partial charge in [0.15, 0.2) is 5.69 Å². The highest BCUT2D eigenvalue weighted by molar-refractivity contribution is 6.06. The van der Waals surface area contributed by atoms with Gasteiger partial charge in [-0.2, -0.15) is 18.3 Å². The first-order valence-electron chi connectivity index (χ1n) is 8.17. The second kappa shape index (κ2) is 5.82. The van der Waals surface area contributed by atoms with Crippen molar-refractivity contribution in [2.45, 2.75) is 45.2 Å². The molecular weight excluding hydrogens is 350 g/mol. The summed E-state index contributed by atoms with van der Waals surface area (Å²) in [6.45, 7) is 5.20. The number of anilines is 1. The number of carbonyl (C=O) groups is 1. The molecular formula is C18H19F4N3O. The summed E-state index contributed by atoms with van der Waals surface area (Å²) in [4.78, 5) is 12.6. The van der Waals surface area contributed by atoms with E-state index >= 15 is 0 Å². The van der Waals surface area contributed by atoms with Crippen molar-refractivity contribution in [2.75, 3.05) is 5.32 Å². The second-order valence-electron chi connectivity index (χ2n) is 7.22. The number of benzene rings is 1. The molecule has 0 radical (unpaired) electrons. The molecule has 1 heterocycles. The summed E-state index contributed by atoms with van der Waals surface area (Å²) in [6.07, 6.45) is -3.49. The van der Waals surface area contributed by atoms with Gasteiger partial charge in [-0.15, -0.1) is 0 Å². The summed E-state index contributed by atoms with van der Waals surface area (Å²) in [5, 5.41) is 5.96. The number of amides is 1. The number of nitrogens with zero attached hydrogens (tertiary/aromatic N) is 2. The Morgan fingerprint density at radius 1 is 1.31 bits per heavy atom. The number of hydrogen-bond acceptors (Lipinski definition) is 2. The first-order valence-corrected chi connectivity index (χ1v) is 8.17. The van der Waals surface area contributed by atoms with Crippen LogP contribution in [0.3, 0.4) is 0 Å². The van der Waals surface area contributed by atoms with E-state index in [9.17, 15) is 22.4 Å². The average molecular weight is 369 g/mol. The van der Waals surface area contributed by atoms with Crippen molar-refractivity contribution in [3.8, 4) is 0 Å². The molecule has 0 spiro atoms. The Labute approximate surface area is 148 Å². The zero-order chi connectivity index (χ0) is 19.4. The predicted octanol–water partition coefficient (Wildman–Crippen LogP) is 4.36. The minimum atomic E-state index is -4.74. The molecule has 0 atom stereocenters. The molecule has 0 saturated carbocycles. The molecule has 1 aromatic heterocycles. The number of aromatic nitrogens is 2. The summed E-state index contributed by atoms with van der Waals surface area (Å²) in [5.41, 5.74) is -0.541. The van der Waals surface area contributed by atoms with Crippen molar-refractivity contribution >= 4 is 11.6 Å². The predicted molar refractivity (Wildman–Crippen MR) is 88.6 cm³/mol. The molecule has 1 N–H and O–H groups in total. The van der Waals surface area contributed by atoms with E-state index in [1.807, 2.05) is 13.8 Å². The Bertz CT molecular complexity index is 897. The minimum absolute atomic E-state index is 0.105. The number of rotatable bonds is 2. The Morgan fingerprint density at radius 2 is 1.96 bits per heavy atom. The third kappa shape index (κ3) is 2.87. The number of aryl methyl sites for hydroxylation is 1. The summed E-state index contributed by atoms with van der Waals surface area (Å²) >= 11 is 0. The standard InChI is InChI=1S/C18H19F4N3O/c1-9-13(15(18(20,21)22)24-25(9)4)16(26)23-12-6-5-11(19)14-10(12)7-8-17(14,2)3/h5-6H,7-8H2,1-4H3,(H,23,26). The molecule has 140 valence electrons. The summed E-state index contributed by atoms with van der Waals surface area (Å²) < 4.78 is 54.9. The molecule has 0 bridgehead atoms. The highest BCUT2D eigenvalue weighted by Crippen LogP contribution is 2.43. The number of halogens is 4. The quantitative estimate of drug-likeness (QED) is 0.800. The molecule has 0 unspecified atom stereocenters. The van der Waals surface area contributed by atoms with Crippen LogP contribution in [0.5, 0.6) is 0 Å². The lowest BCUT2D eigenvalue weighted by atomic mass is 9.86. The molecule has 4 nitrogen and oxygen atoms in total. The number of fused-ring (bicyclic) bond motifs is 1. The summed E-state index contributed by atoms with van der Waals surface area (Å²) in [6, 6.07) is 2.63. The van der Waals surface area contributed by atoms with Gasteiger partial charge in [0.05, 0.1) is 5.56 Å². The van der Waals surface area contributed by atoms with Crippen molar-refractivity contribution in [3.05, 3.63) is 46.0 Å². The fraction of sp³-hybridized carbons (Fsp3) is 0.444.